The molecule has 1 aliphatic heterocycles. The summed E-state index contributed by atoms with van der Waals surface area (Å²) in [5.74, 6) is -0.685. The number of aromatic nitrogens is 2. The number of amides is 1. The summed E-state index contributed by atoms with van der Waals surface area (Å²) in [6, 6.07) is 14.0. The molecule has 3 heterocycles. The zero-order valence-corrected chi connectivity index (χ0v) is 21.6. The number of carbonyl (C=O) groups excluding carboxylic acids is 1. The summed E-state index contributed by atoms with van der Waals surface area (Å²) in [4.78, 5) is 16.6. The highest BCUT2D eigenvalue weighted by Crippen LogP contribution is 2.41. The topological polar surface area (TPSA) is 108 Å². The number of aliphatic hydroxyl groups is 1. The van der Waals surface area contributed by atoms with Crippen LogP contribution < -0.4 is 5.73 Å². The average Bonchev–Trinajstić information content (AvgIpc) is 3.53. The largest absolute Gasteiger partial charge is 0.394 e. The van der Waals surface area contributed by atoms with Gasteiger partial charge in [-0.25, -0.2) is 4.39 Å². The number of carbonyl (C=O) groups is 1. The summed E-state index contributed by atoms with van der Waals surface area (Å²) >= 11 is 1.36. The number of likely N-dealkylation sites (tertiary alicyclic amines) is 1. The van der Waals surface area contributed by atoms with E-state index in [2.05, 4.69) is 5.10 Å². The van der Waals surface area contributed by atoms with E-state index in [-0.39, 0.29) is 24.1 Å². The maximum Gasteiger partial charge on any atom is 0.264 e. The molecule has 7 nitrogen and oxygen atoms in total. The molecule has 1 amide bonds. The van der Waals surface area contributed by atoms with E-state index in [1.165, 1.54) is 23.5 Å². The monoisotopic (exact) mass is 517 g/mol. The second kappa shape index (κ2) is 9.71. The lowest BCUT2D eigenvalue weighted by Crippen LogP contribution is -2.45. The van der Waals surface area contributed by atoms with Crippen LogP contribution in [-0.4, -0.2) is 51.4 Å². The zero-order chi connectivity index (χ0) is 26.3. The summed E-state index contributed by atoms with van der Waals surface area (Å²) in [6.45, 7) is 4.92. The van der Waals surface area contributed by atoms with Crippen molar-refractivity contribution in [3.05, 3.63) is 64.9 Å². The van der Waals surface area contributed by atoms with Gasteiger partial charge >= 0.3 is 0 Å². The summed E-state index contributed by atoms with van der Waals surface area (Å²) in [7, 11) is 0. The molecule has 4 aromatic rings. The van der Waals surface area contributed by atoms with Crippen molar-refractivity contribution in [1.29, 1.82) is 5.26 Å². The van der Waals surface area contributed by atoms with Gasteiger partial charge in [-0.2, -0.15) is 10.4 Å². The van der Waals surface area contributed by atoms with Crippen molar-refractivity contribution in [3.63, 3.8) is 0 Å². The second-order valence-electron chi connectivity index (χ2n) is 10.1. The number of hydrogen-bond acceptors (Lipinski definition) is 6. The van der Waals surface area contributed by atoms with Crippen LogP contribution in [0, 0.1) is 17.1 Å². The van der Waals surface area contributed by atoms with Crippen LogP contribution in [0.5, 0.6) is 0 Å². The zero-order valence-electron chi connectivity index (χ0n) is 20.7. The smallest absolute Gasteiger partial charge is 0.264 e. The standard InChI is InChI=1S/C28H28FN5O2S/c1-28(2,16-35)34-14-20-10-18(7-8-24(20)32-34)26-22(17-5-6-19(13-30)23(29)11-17)12-25(37-26)27(36)33-9-3-4-21(31)15-33/h5-8,10-12,14,21,35H,3-4,9,15-16,31H2,1-2H3. The van der Waals surface area contributed by atoms with Gasteiger partial charge in [0.2, 0.25) is 0 Å². The van der Waals surface area contributed by atoms with Crippen LogP contribution in [0.1, 0.15) is 41.9 Å². The number of hydrogen-bond donors (Lipinski definition) is 2. The first-order valence-electron chi connectivity index (χ1n) is 12.2. The third-order valence-electron chi connectivity index (χ3n) is 6.86. The normalized spacial score (nSPS) is 16.2. The molecule has 2 aromatic heterocycles. The SMILES string of the molecule is CC(C)(CO)n1cc2cc(-c3sc(C(=O)N4CCCC(N)C4)cc3-c3ccc(C#N)c(F)c3)ccc2n1. The van der Waals surface area contributed by atoms with Gasteiger partial charge in [-0.1, -0.05) is 12.1 Å². The summed E-state index contributed by atoms with van der Waals surface area (Å²) < 4.78 is 16.3. The highest BCUT2D eigenvalue weighted by atomic mass is 32.1. The van der Waals surface area contributed by atoms with Gasteiger partial charge in [-0.15, -0.1) is 11.3 Å². The molecule has 9 heteroatoms. The number of nitriles is 1. The second-order valence-corrected chi connectivity index (χ2v) is 11.2. The first-order chi connectivity index (χ1) is 17.7. The van der Waals surface area contributed by atoms with Crippen molar-refractivity contribution in [2.75, 3.05) is 19.7 Å². The maximum atomic E-state index is 14.6. The van der Waals surface area contributed by atoms with E-state index in [1.807, 2.05) is 50.4 Å². The summed E-state index contributed by atoms with van der Waals surface area (Å²) in [5, 5.41) is 24.4. The molecule has 0 spiro atoms. The van der Waals surface area contributed by atoms with Crippen LogP contribution in [0.15, 0.2) is 48.7 Å². The molecule has 1 atom stereocenters. The quantitative estimate of drug-likeness (QED) is 0.398. The van der Waals surface area contributed by atoms with Crippen molar-refractivity contribution >= 4 is 28.1 Å². The first kappa shape index (κ1) is 25.1. The van der Waals surface area contributed by atoms with E-state index in [9.17, 15) is 14.3 Å². The van der Waals surface area contributed by atoms with Crippen LogP contribution in [0.4, 0.5) is 4.39 Å². The third kappa shape index (κ3) is 4.76. The Bertz CT molecular complexity index is 1530. The number of piperidine rings is 1. The number of aliphatic hydroxyl groups excluding tert-OH is 1. The van der Waals surface area contributed by atoms with Crippen molar-refractivity contribution in [3.8, 4) is 27.6 Å². The van der Waals surface area contributed by atoms with Crippen molar-refractivity contribution < 1.29 is 14.3 Å². The molecule has 37 heavy (non-hydrogen) atoms. The maximum absolute atomic E-state index is 14.6. The van der Waals surface area contributed by atoms with E-state index in [0.29, 0.717) is 23.5 Å². The van der Waals surface area contributed by atoms with Crippen LogP contribution in [0.2, 0.25) is 0 Å². The molecule has 0 aliphatic carbocycles. The molecular weight excluding hydrogens is 489 g/mol. The number of halogens is 1. The van der Waals surface area contributed by atoms with Gasteiger partial charge in [-0.3, -0.25) is 9.48 Å². The molecule has 2 aromatic carbocycles. The van der Waals surface area contributed by atoms with Gasteiger partial charge in [0.1, 0.15) is 11.9 Å². The molecule has 0 radical (unpaired) electrons. The Balaban J connectivity index is 1.62. The van der Waals surface area contributed by atoms with Gasteiger partial charge in [0.25, 0.3) is 5.91 Å². The van der Waals surface area contributed by atoms with E-state index in [0.717, 1.165) is 39.7 Å². The fourth-order valence-corrected chi connectivity index (χ4v) is 5.74. The van der Waals surface area contributed by atoms with Crippen LogP contribution in [0.3, 0.4) is 0 Å². The summed E-state index contributed by atoms with van der Waals surface area (Å²) in [5.41, 5.74) is 8.50. The lowest BCUT2D eigenvalue weighted by molar-refractivity contribution is 0.0714. The van der Waals surface area contributed by atoms with Gasteiger partial charge in [0.15, 0.2) is 0 Å². The molecule has 190 valence electrons. The number of nitrogens with zero attached hydrogens (tertiary/aromatic N) is 4. The van der Waals surface area contributed by atoms with Gasteiger partial charge in [-0.05, 0) is 68.1 Å². The minimum absolute atomic E-state index is 0.0283. The number of benzene rings is 2. The van der Waals surface area contributed by atoms with E-state index < -0.39 is 11.4 Å². The molecule has 1 saturated heterocycles. The predicted octanol–water partition coefficient (Wildman–Crippen LogP) is 4.73. The Morgan fingerprint density at radius 1 is 1.27 bits per heavy atom. The molecule has 1 unspecified atom stereocenters. The van der Waals surface area contributed by atoms with Crippen LogP contribution in [0.25, 0.3) is 32.5 Å². The minimum Gasteiger partial charge on any atom is -0.394 e. The Kier molecular flexibility index (Phi) is 6.58. The Morgan fingerprint density at radius 2 is 2.05 bits per heavy atom. The number of rotatable bonds is 5. The highest BCUT2D eigenvalue weighted by molar-refractivity contribution is 7.18. The van der Waals surface area contributed by atoms with Gasteiger partial charge in [0.05, 0.1) is 28.1 Å². The average molecular weight is 518 g/mol. The van der Waals surface area contributed by atoms with Crippen LogP contribution in [-0.2, 0) is 5.54 Å². The first-order valence-corrected chi connectivity index (χ1v) is 13.0. The predicted molar refractivity (Wildman–Crippen MR) is 143 cm³/mol. The molecule has 1 fully saturated rings. The Morgan fingerprint density at radius 3 is 2.76 bits per heavy atom. The highest BCUT2D eigenvalue weighted by Gasteiger charge is 2.26. The third-order valence-corrected chi connectivity index (χ3v) is 8.03. The molecule has 5 rings (SSSR count). The lowest BCUT2D eigenvalue weighted by atomic mass is 10.00. The molecule has 1 aliphatic rings. The van der Waals surface area contributed by atoms with E-state index >= 15 is 0 Å². The summed E-state index contributed by atoms with van der Waals surface area (Å²) in [6.07, 6.45) is 3.66. The Labute approximate surface area is 218 Å². The lowest BCUT2D eigenvalue weighted by Gasteiger charge is -2.30. The van der Waals surface area contributed by atoms with E-state index in [1.54, 1.807) is 15.6 Å². The molecule has 0 saturated carbocycles. The minimum atomic E-state index is -0.602. The number of fused-ring (bicyclic) bond motifs is 1. The van der Waals surface area contributed by atoms with E-state index in [4.69, 9.17) is 11.0 Å². The molecule has 3 N–H and O–H groups in total. The van der Waals surface area contributed by atoms with Crippen molar-refractivity contribution in [2.45, 2.75) is 38.3 Å². The van der Waals surface area contributed by atoms with Gasteiger partial charge in [0, 0.05) is 41.2 Å². The van der Waals surface area contributed by atoms with Gasteiger partial charge < -0.3 is 15.7 Å². The van der Waals surface area contributed by atoms with Crippen molar-refractivity contribution in [1.82, 2.24) is 14.7 Å². The molecular formula is C28H28FN5O2S. The van der Waals surface area contributed by atoms with Crippen LogP contribution >= 0.6 is 11.3 Å². The fraction of sp³-hybridized carbons (Fsp3) is 0.321. The molecule has 0 bridgehead atoms. The fourth-order valence-electron chi connectivity index (χ4n) is 4.60. The Hall–Kier alpha value is -3.58. The van der Waals surface area contributed by atoms with Crippen molar-refractivity contribution in [2.24, 2.45) is 5.73 Å². The number of nitrogens with two attached hydrogens (primary N) is 1. The number of thiophene rings is 1.